The summed E-state index contributed by atoms with van der Waals surface area (Å²) >= 11 is 0. The molecule has 0 saturated heterocycles. The first kappa shape index (κ1) is 23.4. The maximum atomic E-state index is 12.7. The molecule has 1 amide bonds. The Balaban J connectivity index is 1.94. The van der Waals surface area contributed by atoms with E-state index in [4.69, 9.17) is 9.15 Å². The molecule has 0 saturated carbocycles. The van der Waals surface area contributed by atoms with E-state index in [0.29, 0.717) is 23.7 Å². The zero-order chi connectivity index (χ0) is 23.6. The first-order valence-electron chi connectivity index (χ1n) is 10.2. The van der Waals surface area contributed by atoms with Crippen LogP contribution in [0, 0.1) is 20.8 Å². The van der Waals surface area contributed by atoms with Crippen molar-refractivity contribution in [1.82, 2.24) is 0 Å². The van der Waals surface area contributed by atoms with E-state index in [1.165, 1.54) is 6.08 Å². The van der Waals surface area contributed by atoms with Crippen molar-refractivity contribution in [3.05, 3.63) is 58.9 Å². The Morgan fingerprint density at radius 1 is 1.12 bits per heavy atom. The summed E-state index contributed by atoms with van der Waals surface area (Å²) < 4.78 is 37.1. The molecular formula is C24H28N2O5S. The number of furan rings is 1. The number of fused-ring (bicyclic) bond motifs is 1. The van der Waals surface area contributed by atoms with Crippen LogP contribution in [-0.4, -0.2) is 27.2 Å². The molecule has 0 bridgehead atoms. The molecule has 0 aliphatic carbocycles. The highest BCUT2D eigenvalue weighted by molar-refractivity contribution is 7.92. The number of amides is 1. The molecule has 1 aromatic heterocycles. The van der Waals surface area contributed by atoms with Gasteiger partial charge in [-0.2, -0.15) is 0 Å². The van der Waals surface area contributed by atoms with Crippen molar-refractivity contribution < 1.29 is 22.4 Å². The van der Waals surface area contributed by atoms with Crippen LogP contribution in [0.3, 0.4) is 0 Å². The average Bonchev–Trinajstić information content (AvgIpc) is 2.97. The molecule has 170 valence electrons. The van der Waals surface area contributed by atoms with Crippen molar-refractivity contribution in [3.63, 3.8) is 0 Å². The second-order valence-corrected chi connectivity index (χ2v) is 9.49. The standard InChI is InChI=1S/C24H28N2O5S/c1-7-30-23-16(4)24-21(15(3)17(5)31-24)13-20(23)14(2)11-22(27)25-18-9-8-10-19(12-18)26-32(6,28)29/h8-13,26H,7H2,1-6H3,(H,25,27)/b14-11+. The van der Waals surface area contributed by atoms with Crippen LogP contribution in [0.15, 0.2) is 40.8 Å². The van der Waals surface area contributed by atoms with Gasteiger partial charge in [0.05, 0.1) is 18.6 Å². The summed E-state index contributed by atoms with van der Waals surface area (Å²) in [4.78, 5) is 12.7. The molecule has 3 aromatic rings. The number of carbonyl (C=O) groups excluding carboxylic acids is 1. The highest BCUT2D eigenvalue weighted by atomic mass is 32.2. The number of ether oxygens (including phenoxy) is 1. The van der Waals surface area contributed by atoms with Gasteiger partial charge >= 0.3 is 0 Å². The van der Waals surface area contributed by atoms with Gasteiger partial charge in [-0.05, 0) is 70.0 Å². The minimum atomic E-state index is -3.41. The number of carbonyl (C=O) groups is 1. The van der Waals surface area contributed by atoms with Gasteiger partial charge in [0.2, 0.25) is 15.9 Å². The van der Waals surface area contributed by atoms with E-state index in [2.05, 4.69) is 10.0 Å². The molecule has 0 fully saturated rings. The molecule has 0 aliphatic rings. The number of aryl methyl sites for hydroxylation is 3. The van der Waals surface area contributed by atoms with Crippen molar-refractivity contribution >= 4 is 43.8 Å². The topological polar surface area (TPSA) is 97.6 Å². The first-order valence-corrected chi connectivity index (χ1v) is 12.1. The van der Waals surface area contributed by atoms with Gasteiger partial charge in [-0.15, -0.1) is 0 Å². The lowest BCUT2D eigenvalue weighted by atomic mass is 9.98. The average molecular weight is 457 g/mol. The summed E-state index contributed by atoms with van der Waals surface area (Å²) in [6, 6.07) is 8.51. The molecule has 0 radical (unpaired) electrons. The summed E-state index contributed by atoms with van der Waals surface area (Å²) in [6.45, 7) is 10.1. The third-order valence-electron chi connectivity index (χ3n) is 5.14. The second-order valence-electron chi connectivity index (χ2n) is 7.74. The minimum absolute atomic E-state index is 0.334. The van der Waals surface area contributed by atoms with E-state index in [0.717, 1.165) is 45.2 Å². The van der Waals surface area contributed by atoms with E-state index < -0.39 is 10.0 Å². The zero-order valence-electron chi connectivity index (χ0n) is 19.1. The molecule has 0 spiro atoms. The Morgan fingerprint density at radius 2 is 1.81 bits per heavy atom. The molecule has 2 N–H and O–H groups in total. The Morgan fingerprint density at radius 3 is 2.47 bits per heavy atom. The summed E-state index contributed by atoms with van der Waals surface area (Å²) in [7, 11) is -3.41. The lowest BCUT2D eigenvalue weighted by molar-refractivity contribution is -0.111. The van der Waals surface area contributed by atoms with Crippen LogP contribution in [-0.2, 0) is 14.8 Å². The van der Waals surface area contributed by atoms with E-state index in [9.17, 15) is 13.2 Å². The van der Waals surface area contributed by atoms with Gasteiger partial charge in [0, 0.05) is 28.3 Å². The molecule has 7 nitrogen and oxygen atoms in total. The van der Waals surface area contributed by atoms with Crippen LogP contribution in [0.5, 0.6) is 5.75 Å². The van der Waals surface area contributed by atoms with E-state index in [1.807, 2.05) is 40.7 Å². The molecule has 0 aliphatic heterocycles. The largest absolute Gasteiger partial charge is 0.493 e. The van der Waals surface area contributed by atoms with Gasteiger partial charge in [0.1, 0.15) is 17.1 Å². The molecule has 3 rings (SSSR count). The predicted molar refractivity (Wildman–Crippen MR) is 129 cm³/mol. The second kappa shape index (κ2) is 9.08. The Bertz CT molecular complexity index is 1320. The fourth-order valence-corrected chi connectivity index (χ4v) is 4.12. The van der Waals surface area contributed by atoms with Crippen LogP contribution >= 0.6 is 0 Å². The number of anilines is 2. The molecule has 32 heavy (non-hydrogen) atoms. The maximum absolute atomic E-state index is 12.7. The Labute approximate surface area is 188 Å². The molecule has 8 heteroatoms. The van der Waals surface area contributed by atoms with E-state index in [1.54, 1.807) is 24.3 Å². The van der Waals surface area contributed by atoms with Crippen LogP contribution in [0.25, 0.3) is 16.5 Å². The van der Waals surface area contributed by atoms with Crippen molar-refractivity contribution in [1.29, 1.82) is 0 Å². The van der Waals surface area contributed by atoms with Gasteiger partial charge in [-0.1, -0.05) is 6.07 Å². The number of sulfonamides is 1. The van der Waals surface area contributed by atoms with Gasteiger partial charge in [0.25, 0.3) is 0 Å². The van der Waals surface area contributed by atoms with Gasteiger partial charge < -0.3 is 14.5 Å². The fraction of sp³-hybridized carbons (Fsp3) is 0.292. The maximum Gasteiger partial charge on any atom is 0.248 e. The van der Waals surface area contributed by atoms with Gasteiger partial charge in [0.15, 0.2) is 0 Å². The number of hydrogen-bond donors (Lipinski definition) is 2. The van der Waals surface area contributed by atoms with Crippen molar-refractivity contribution in [2.75, 3.05) is 22.9 Å². The third-order valence-corrected chi connectivity index (χ3v) is 5.75. The third kappa shape index (κ3) is 5.13. The Kier molecular flexibility index (Phi) is 6.64. The summed E-state index contributed by atoms with van der Waals surface area (Å²) in [5.41, 5.74) is 5.15. The number of allylic oxidation sites excluding steroid dienone is 1. The van der Waals surface area contributed by atoms with E-state index in [-0.39, 0.29) is 5.91 Å². The minimum Gasteiger partial charge on any atom is -0.493 e. The lowest BCUT2D eigenvalue weighted by Crippen LogP contribution is -2.11. The molecule has 1 heterocycles. The number of nitrogens with one attached hydrogen (secondary N) is 2. The SMILES string of the molecule is CCOc1c(/C(C)=C/C(=O)Nc2cccc(NS(C)(=O)=O)c2)cc2c(C)c(C)oc2c1C. The number of hydrogen-bond acceptors (Lipinski definition) is 5. The van der Waals surface area contributed by atoms with E-state index >= 15 is 0 Å². The highest BCUT2D eigenvalue weighted by Crippen LogP contribution is 2.38. The molecule has 0 unspecified atom stereocenters. The number of benzene rings is 2. The fourth-order valence-electron chi connectivity index (χ4n) is 3.56. The van der Waals surface area contributed by atoms with Gasteiger partial charge in [-0.25, -0.2) is 8.42 Å². The van der Waals surface area contributed by atoms with Crippen molar-refractivity contribution in [2.24, 2.45) is 0 Å². The highest BCUT2D eigenvalue weighted by Gasteiger charge is 2.19. The van der Waals surface area contributed by atoms with Crippen LogP contribution in [0.2, 0.25) is 0 Å². The first-order chi connectivity index (χ1) is 15.0. The normalized spacial score (nSPS) is 12.1. The lowest BCUT2D eigenvalue weighted by Gasteiger charge is -2.14. The smallest absolute Gasteiger partial charge is 0.248 e. The van der Waals surface area contributed by atoms with Crippen LogP contribution in [0.4, 0.5) is 11.4 Å². The quantitative estimate of drug-likeness (QED) is 0.478. The van der Waals surface area contributed by atoms with Gasteiger partial charge in [-0.3, -0.25) is 9.52 Å². The monoisotopic (exact) mass is 456 g/mol. The van der Waals surface area contributed by atoms with Crippen LogP contribution < -0.4 is 14.8 Å². The number of rotatable bonds is 7. The summed E-state index contributed by atoms with van der Waals surface area (Å²) in [5.74, 6) is 1.21. The molecular weight excluding hydrogens is 428 g/mol. The van der Waals surface area contributed by atoms with Crippen molar-refractivity contribution in [2.45, 2.75) is 34.6 Å². The molecule has 2 aromatic carbocycles. The predicted octanol–water partition coefficient (Wildman–Crippen LogP) is 5.17. The summed E-state index contributed by atoms with van der Waals surface area (Å²) in [5, 5.41) is 3.77. The molecule has 0 atom stereocenters. The van der Waals surface area contributed by atoms with Crippen LogP contribution in [0.1, 0.15) is 36.3 Å². The Hall–Kier alpha value is -3.26. The van der Waals surface area contributed by atoms with Crippen molar-refractivity contribution in [3.8, 4) is 5.75 Å². The zero-order valence-corrected chi connectivity index (χ0v) is 19.9. The summed E-state index contributed by atoms with van der Waals surface area (Å²) in [6.07, 6.45) is 2.57.